The van der Waals surface area contributed by atoms with E-state index in [0.717, 1.165) is 16.1 Å². The number of hydrogen-bond acceptors (Lipinski definition) is 1. The molecule has 0 heterocycles. The van der Waals surface area contributed by atoms with Gasteiger partial charge in [0.1, 0.15) is 5.82 Å². The Morgan fingerprint density at radius 3 is 2.21 bits per heavy atom. The zero-order valence-electron chi connectivity index (χ0n) is 11.0. The van der Waals surface area contributed by atoms with Gasteiger partial charge in [-0.1, -0.05) is 41.9 Å². The van der Waals surface area contributed by atoms with Gasteiger partial charge in [0, 0.05) is 17.1 Å². The van der Waals surface area contributed by atoms with Crippen molar-refractivity contribution in [3.05, 3.63) is 70.5 Å². The molecule has 0 spiro atoms. The van der Waals surface area contributed by atoms with Crippen LogP contribution in [-0.4, -0.2) is 0 Å². The van der Waals surface area contributed by atoms with E-state index in [1.54, 1.807) is 12.1 Å². The van der Waals surface area contributed by atoms with Crippen molar-refractivity contribution in [2.24, 2.45) is 0 Å². The predicted molar refractivity (Wildman–Crippen MR) is 77.8 cm³/mol. The third-order valence-corrected chi connectivity index (χ3v) is 3.59. The van der Waals surface area contributed by atoms with Crippen molar-refractivity contribution in [2.75, 3.05) is 0 Å². The monoisotopic (exact) mass is 277 g/mol. The topological polar surface area (TPSA) is 12.0 Å². The molecule has 2 aromatic rings. The van der Waals surface area contributed by atoms with Crippen molar-refractivity contribution in [2.45, 2.75) is 25.9 Å². The maximum absolute atomic E-state index is 12.9. The van der Waals surface area contributed by atoms with Crippen LogP contribution in [0.2, 0.25) is 5.02 Å². The van der Waals surface area contributed by atoms with Crippen LogP contribution in [0.15, 0.2) is 48.5 Å². The van der Waals surface area contributed by atoms with Gasteiger partial charge in [0.15, 0.2) is 0 Å². The van der Waals surface area contributed by atoms with Crippen LogP contribution in [0, 0.1) is 5.82 Å². The van der Waals surface area contributed by atoms with E-state index < -0.39 is 0 Å². The minimum absolute atomic E-state index is 0.131. The molecule has 0 amide bonds. The molecular formula is C16H17ClFN. The van der Waals surface area contributed by atoms with Gasteiger partial charge in [0.05, 0.1) is 0 Å². The molecule has 0 bridgehead atoms. The molecule has 0 aromatic heterocycles. The van der Waals surface area contributed by atoms with Gasteiger partial charge in [-0.15, -0.1) is 0 Å². The normalized spacial score (nSPS) is 14.1. The lowest BCUT2D eigenvalue weighted by Crippen LogP contribution is -2.22. The molecule has 100 valence electrons. The van der Waals surface area contributed by atoms with Crippen LogP contribution in [-0.2, 0) is 0 Å². The Labute approximate surface area is 118 Å². The first-order chi connectivity index (χ1) is 9.08. The molecule has 0 aliphatic carbocycles. The van der Waals surface area contributed by atoms with Gasteiger partial charge in [0.2, 0.25) is 0 Å². The van der Waals surface area contributed by atoms with Crippen LogP contribution in [0.5, 0.6) is 0 Å². The van der Waals surface area contributed by atoms with E-state index in [9.17, 15) is 4.39 Å². The quantitative estimate of drug-likeness (QED) is 0.839. The summed E-state index contributed by atoms with van der Waals surface area (Å²) in [4.78, 5) is 0. The standard InChI is InChI=1S/C16H17ClFN/c1-11(13-7-9-14(18)10-8-13)19-12(2)15-5-3-4-6-16(15)17/h3-12,19H,1-2H3/t11-,12?/m1/s1. The summed E-state index contributed by atoms with van der Waals surface area (Å²) in [6.45, 7) is 4.13. The molecule has 3 heteroatoms. The number of benzene rings is 2. The van der Waals surface area contributed by atoms with E-state index in [2.05, 4.69) is 19.2 Å². The minimum atomic E-state index is -0.213. The Balaban J connectivity index is 2.08. The van der Waals surface area contributed by atoms with Gasteiger partial charge >= 0.3 is 0 Å². The summed E-state index contributed by atoms with van der Waals surface area (Å²) in [7, 11) is 0. The van der Waals surface area contributed by atoms with E-state index >= 15 is 0 Å². The Morgan fingerprint density at radius 1 is 0.947 bits per heavy atom. The maximum atomic E-state index is 12.9. The van der Waals surface area contributed by atoms with E-state index in [0.29, 0.717) is 0 Å². The highest BCUT2D eigenvalue weighted by Crippen LogP contribution is 2.25. The molecule has 1 nitrogen and oxygen atoms in total. The summed E-state index contributed by atoms with van der Waals surface area (Å²) in [5.41, 5.74) is 2.12. The highest BCUT2D eigenvalue weighted by molar-refractivity contribution is 6.31. The molecule has 0 aliphatic heterocycles. The molecule has 1 N–H and O–H groups in total. The Kier molecular flexibility index (Phi) is 4.56. The summed E-state index contributed by atoms with van der Waals surface area (Å²) in [6, 6.07) is 14.6. The number of halogens is 2. The van der Waals surface area contributed by atoms with Crippen molar-refractivity contribution in [3.63, 3.8) is 0 Å². The lowest BCUT2D eigenvalue weighted by molar-refractivity contribution is 0.494. The molecule has 2 rings (SSSR count). The molecule has 0 fully saturated rings. The summed E-state index contributed by atoms with van der Waals surface area (Å²) in [6.07, 6.45) is 0. The molecule has 2 atom stereocenters. The molecule has 2 aromatic carbocycles. The minimum Gasteiger partial charge on any atom is -0.304 e. The SMILES string of the molecule is CC(N[C@H](C)c1ccc(F)cc1)c1ccccc1Cl. The van der Waals surface area contributed by atoms with Crippen molar-refractivity contribution >= 4 is 11.6 Å². The van der Waals surface area contributed by atoms with E-state index in [-0.39, 0.29) is 17.9 Å². The first-order valence-corrected chi connectivity index (χ1v) is 6.71. The molecule has 0 aliphatic rings. The predicted octanol–water partition coefficient (Wildman–Crippen LogP) is 4.89. The fourth-order valence-corrected chi connectivity index (χ4v) is 2.44. The smallest absolute Gasteiger partial charge is 0.123 e. The third-order valence-electron chi connectivity index (χ3n) is 3.24. The molecule has 19 heavy (non-hydrogen) atoms. The second-order valence-electron chi connectivity index (χ2n) is 4.68. The Morgan fingerprint density at radius 2 is 1.58 bits per heavy atom. The first kappa shape index (κ1) is 14.0. The van der Waals surface area contributed by atoms with Gasteiger partial charge in [-0.3, -0.25) is 0 Å². The lowest BCUT2D eigenvalue weighted by Gasteiger charge is -2.21. The maximum Gasteiger partial charge on any atom is 0.123 e. The van der Waals surface area contributed by atoms with Crippen LogP contribution in [0.3, 0.4) is 0 Å². The number of rotatable bonds is 4. The van der Waals surface area contributed by atoms with Crippen molar-refractivity contribution in [1.29, 1.82) is 0 Å². The molecular weight excluding hydrogens is 261 g/mol. The van der Waals surface area contributed by atoms with E-state index in [4.69, 9.17) is 11.6 Å². The Bertz CT molecular complexity index is 539. The van der Waals surface area contributed by atoms with Gasteiger partial charge in [-0.05, 0) is 43.2 Å². The first-order valence-electron chi connectivity index (χ1n) is 6.34. The third kappa shape index (κ3) is 3.55. The van der Waals surface area contributed by atoms with Gasteiger partial charge in [0.25, 0.3) is 0 Å². The highest BCUT2D eigenvalue weighted by Gasteiger charge is 2.13. The average Bonchev–Trinajstić information content (AvgIpc) is 2.39. The number of hydrogen-bond donors (Lipinski definition) is 1. The van der Waals surface area contributed by atoms with Crippen LogP contribution in [0.1, 0.15) is 37.1 Å². The average molecular weight is 278 g/mol. The van der Waals surface area contributed by atoms with Crippen LogP contribution in [0.25, 0.3) is 0 Å². The summed E-state index contributed by atoms with van der Waals surface area (Å²) < 4.78 is 12.9. The Hall–Kier alpha value is -1.38. The van der Waals surface area contributed by atoms with E-state index in [1.807, 2.05) is 24.3 Å². The zero-order chi connectivity index (χ0) is 13.8. The fraction of sp³-hybridized carbons (Fsp3) is 0.250. The van der Waals surface area contributed by atoms with Gasteiger partial charge < -0.3 is 5.32 Å². The van der Waals surface area contributed by atoms with Crippen molar-refractivity contribution in [3.8, 4) is 0 Å². The van der Waals surface area contributed by atoms with Crippen LogP contribution < -0.4 is 5.32 Å². The van der Waals surface area contributed by atoms with Crippen LogP contribution >= 0.6 is 11.6 Å². The zero-order valence-corrected chi connectivity index (χ0v) is 11.8. The van der Waals surface area contributed by atoms with Crippen LogP contribution in [0.4, 0.5) is 4.39 Å². The molecule has 0 saturated heterocycles. The number of nitrogens with one attached hydrogen (secondary N) is 1. The van der Waals surface area contributed by atoms with E-state index in [1.165, 1.54) is 12.1 Å². The summed E-state index contributed by atoms with van der Waals surface area (Å²) in [5, 5.41) is 4.22. The fourth-order valence-electron chi connectivity index (χ4n) is 2.14. The largest absolute Gasteiger partial charge is 0.304 e. The van der Waals surface area contributed by atoms with Gasteiger partial charge in [-0.2, -0.15) is 0 Å². The molecule has 1 unspecified atom stereocenters. The lowest BCUT2D eigenvalue weighted by atomic mass is 10.0. The molecule has 0 saturated carbocycles. The molecule has 0 radical (unpaired) electrons. The summed E-state index contributed by atoms with van der Waals surface area (Å²) in [5.74, 6) is -0.213. The van der Waals surface area contributed by atoms with Crippen molar-refractivity contribution < 1.29 is 4.39 Å². The van der Waals surface area contributed by atoms with Crippen molar-refractivity contribution in [1.82, 2.24) is 5.32 Å². The highest BCUT2D eigenvalue weighted by atomic mass is 35.5. The second-order valence-corrected chi connectivity index (χ2v) is 5.09. The summed E-state index contributed by atoms with van der Waals surface area (Å²) >= 11 is 6.18. The van der Waals surface area contributed by atoms with Gasteiger partial charge in [-0.25, -0.2) is 4.39 Å². The second kappa shape index (κ2) is 6.18.